The molecule has 4 rings (SSSR count). The number of amides is 1. The summed E-state index contributed by atoms with van der Waals surface area (Å²) in [6.45, 7) is 1.41. The van der Waals surface area contributed by atoms with Gasteiger partial charge in [-0.1, -0.05) is 25.0 Å². The predicted octanol–water partition coefficient (Wildman–Crippen LogP) is 1.39. The van der Waals surface area contributed by atoms with Gasteiger partial charge in [0.2, 0.25) is 0 Å². The first-order valence-electron chi connectivity index (χ1n) is 7.91. The van der Waals surface area contributed by atoms with Crippen LogP contribution in [-0.4, -0.2) is 34.1 Å². The van der Waals surface area contributed by atoms with E-state index in [2.05, 4.69) is 10.2 Å². The third-order valence-electron chi connectivity index (χ3n) is 4.96. The minimum absolute atomic E-state index is 0.410. The maximum atomic E-state index is 11.8. The summed E-state index contributed by atoms with van der Waals surface area (Å²) in [6.07, 6.45) is 4.90. The van der Waals surface area contributed by atoms with Crippen LogP contribution >= 0.6 is 0 Å². The summed E-state index contributed by atoms with van der Waals surface area (Å²) in [7, 11) is 0. The number of hydrogen-bond donors (Lipinski definition) is 3. The Hall–Kier alpha value is -2.08. The minimum Gasteiger partial charge on any atom is -0.351 e. The molecule has 1 fully saturated rings. The summed E-state index contributed by atoms with van der Waals surface area (Å²) in [5.74, 6) is 0.511. The highest BCUT2D eigenvalue weighted by atomic mass is 16.5. The molecule has 1 aromatic rings. The zero-order valence-corrected chi connectivity index (χ0v) is 12.4. The lowest BCUT2D eigenvalue weighted by molar-refractivity contribution is 0.0705. The maximum absolute atomic E-state index is 11.8. The van der Waals surface area contributed by atoms with Crippen LogP contribution in [0.25, 0.3) is 0 Å². The normalized spacial score (nSPS) is 26.0. The van der Waals surface area contributed by atoms with Gasteiger partial charge in [0.05, 0.1) is 12.1 Å². The van der Waals surface area contributed by atoms with Gasteiger partial charge in [0.15, 0.2) is 5.96 Å². The fourth-order valence-electron chi connectivity index (χ4n) is 3.81. The van der Waals surface area contributed by atoms with Crippen molar-refractivity contribution in [2.45, 2.75) is 50.9 Å². The van der Waals surface area contributed by atoms with Gasteiger partial charge in [-0.15, -0.1) is 0 Å². The fraction of sp³-hybridized carbons (Fsp3) is 0.500. The fourth-order valence-corrected chi connectivity index (χ4v) is 3.81. The van der Waals surface area contributed by atoms with E-state index < -0.39 is 5.91 Å². The number of fused-ring (bicyclic) bond motifs is 2. The quantitative estimate of drug-likeness (QED) is 0.541. The van der Waals surface area contributed by atoms with Crippen molar-refractivity contribution >= 4 is 11.9 Å². The predicted molar refractivity (Wildman–Crippen MR) is 81.6 cm³/mol. The van der Waals surface area contributed by atoms with Crippen LogP contribution in [0.2, 0.25) is 0 Å². The number of guanidine groups is 1. The van der Waals surface area contributed by atoms with Gasteiger partial charge in [-0.05, 0) is 30.0 Å². The van der Waals surface area contributed by atoms with Gasteiger partial charge in [-0.3, -0.25) is 10.0 Å². The molecule has 0 radical (unpaired) electrons. The topological polar surface area (TPSA) is 77.0 Å². The second-order valence-corrected chi connectivity index (χ2v) is 6.30. The molecule has 116 valence electrons. The van der Waals surface area contributed by atoms with Crippen molar-refractivity contribution in [1.82, 2.24) is 15.7 Å². The smallest absolute Gasteiger partial charge is 0.274 e. The van der Waals surface area contributed by atoms with Crippen LogP contribution in [0.15, 0.2) is 23.2 Å². The molecule has 0 bridgehead atoms. The van der Waals surface area contributed by atoms with Crippen molar-refractivity contribution in [1.29, 1.82) is 0 Å². The molecule has 1 amide bonds. The van der Waals surface area contributed by atoms with Crippen molar-refractivity contribution in [3.8, 4) is 0 Å². The molecule has 2 atom stereocenters. The molecule has 22 heavy (non-hydrogen) atoms. The number of aliphatic imine (C=N–C) groups is 1. The highest BCUT2D eigenvalue weighted by molar-refractivity contribution is 5.95. The monoisotopic (exact) mass is 300 g/mol. The zero-order chi connectivity index (χ0) is 15.1. The second kappa shape index (κ2) is 5.28. The van der Waals surface area contributed by atoms with Crippen molar-refractivity contribution in [3.05, 3.63) is 34.9 Å². The lowest BCUT2D eigenvalue weighted by Crippen LogP contribution is -2.42. The van der Waals surface area contributed by atoms with E-state index in [1.807, 2.05) is 12.1 Å². The molecule has 2 unspecified atom stereocenters. The molecule has 3 N–H and O–H groups in total. The van der Waals surface area contributed by atoms with Crippen LogP contribution in [0.3, 0.4) is 0 Å². The summed E-state index contributed by atoms with van der Waals surface area (Å²) in [5.41, 5.74) is 4.38. The van der Waals surface area contributed by atoms with E-state index in [-0.39, 0.29) is 0 Å². The van der Waals surface area contributed by atoms with E-state index in [9.17, 15) is 4.79 Å². The number of carbonyl (C=O) groups excluding carboxylic acids is 1. The highest BCUT2D eigenvalue weighted by Gasteiger charge is 2.35. The second-order valence-electron chi connectivity index (χ2n) is 6.30. The largest absolute Gasteiger partial charge is 0.351 e. The average molecular weight is 300 g/mol. The van der Waals surface area contributed by atoms with E-state index in [1.54, 1.807) is 11.5 Å². The Morgan fingerprint density at radius 1 is 1.32 bits per heavy atom. The van der Waals surface area contributed by atoms with Crippen LogP contribution in [0.5, 0.6) is 0 Å². The summed E-state index contributed by atoms with van der Waals surface area (Å²) < 4.78 is 0. The molecule has 6 nitrogen and oxygen atoms in total. The first kappa shape index (κ1) is 13.6. The minimum atomic E-state index is -0.450. The van der Waals surface area contributed by atoms with Gasteiger partial charge in [-0.2, -0.15) is 0 Å². The molecular weight excluding hydrogens is 280 g/mol. The van der Waals surface area contributed by atoms with E-state index in [0.717, 1.165) is 23.6 Å². The van der Waals surface area contributed by atoms with Gasteiger partial charge in [0, 0.05) is 18.7 Å². The number of carbonyl (C=O) groups is 1. The Labute approximate surface area is 129 Å². The van der Waals surface area contributed by atoms with Crippen LogP contribution < -0.4 is 10.8 Å². The van der Waals surface area contributed by atoms with Crippen molar-refractivity contribution < 1.29 is 10.0 Å². The molecule has 0 saturated heterocycles. The van der Waals surface area contributed by atoms with Gasteiger partial charge >= 0.3 is 0 Å². The Morgan fingerprint density at radius 3 is 3.00 bits per heavy atom. The summed E-state index contributed by atoms with van der Waals surface area (Å²) >= 11 is 0. The Balaban J connectivity index is 1.56. The van der Waals surface area contributed by atoms with E-state index in [4.69, 9.17) is 10.2 Å². The van der Waals surface area contributed by atoms with Crippen LogP contribution in [0.1, 0.15) is 47.2 Å². The van der Waals surface area contributed by atoms with E-state index in [0.29, 0.717) is 24.2 Å². The third-order valence-corrected chi connectivity index (χ3v) is 4.96. The van der Waals surface area contributed by atoms with Crippen LogP contribution in [-0.2, 0) is 13.1 Å². The van der Waals surface area contributed by atoms with E-state index in [1.165, 1.54) is 25.7 Å². The lowest BCUT2D eigenvalue weighted by atomic mass is 9.92. The molecule has 1 aromatic carbocycles. The zero-order valence-electron chi connectivity index (χ0n) is 12.4. The molecule has 0 spiro atoms. The molecule has 6 heteroatoms. The molecule has 2 heterocycles. The SMILES string of the molecule is O=C(NO)c1cccc2c1CN(C1=NC3CCCCC3N1)C2. The standard InChI is InChI=1S/C16H20N4O2/c21-15(19-22)11-5-3-4-10-8-20(9-12(10)11)16-17-13-6-1-2-7-14(13)18-16/h3-5,13-14,22H,1-2,6-9H2,(H,17,18)(H,19,21). The van der Waals surface area contributed by atoms with Crippen molar-refractivity contribution in [2.24, 2.45) is 4.99 Å². The molecular formula is C16H20N4O2. The van der Waals surface area contributed by atoms with Gasteiger partial charge in [-0.25, -0.2) is 10.5 Å². The molecule has 1 saturated carbocycles. The Morgan fingerprint density at radius 2 is 2.18 bits per heavy atom. The van der Waals surface area contributed by atoms with Gasteiger partial charge in [0.25, 0.3) is 5.91 Å². The maximum Gasteiger partial charge on any atom is 0.274 e. The van der Waals surface area contributed by atoms with Crippen LogP contribution in [0.4, 0.5) is 0 Å². The summed E-state index contributed by atoms with van der Waals surface area (Å²) in [5, 5.41) is 12.4. The number of nitrogens with zero attached hydrogens (tertiary/aromatic N) is 2. The number of benzene rings is 1. The summed E-state index contributed by atoms with van der Waals surface area (Å²) in [4.78, 5) is 18.8. The van der Waals surface area contributed by atoms with Gasteiger partial charge in [0.1, 0.15) is 0 Å². The molecule has 3 aliphatic rings. The average Bonchev–Trinajstić information content (AvgIpc) is 3.16. The Kier molecular flexibility index (Phi) is 3.26. The first-order valence-corrected chi connectivity index (χ1v) is 7.91. The summed E-state index contributed by atoms with van der Waals surface area (Å²) in [6, 6.07) is 6.53. The number of hydrogen-bond acceptors (Lipinski definition) is 5. The number of nitrogens with one attached hydrogen (secondary N) is 2. The third kappa shape index (κ3) is 2.14. The molecule has 1 aliphatic carbocycles. The van der Waals surface area contributed by atoms with Gasteiger partial charge < -0.3 is 10.2 Å². The van der Waals surface area contributed by atoms with Crippen molar-refractivity contribution in [2.75, 3.05) is 0 Å². The first-order chi connectivity index (χ1) is 10.8. The van der Waals surface area contributed by atoms with Crippen LogP contribution in [0, 0.1) is 0 Å². The molecule has 2 aliphatic heterocycles. The number of rotatable bonds is 1. The highest BCUT2D eigenvalue weighted by Crippen LogP contribution is 2.30. The van der Waals surface area contributed by atoms with Crippen molar-refractivity contribution in [3.63, 3.8) is 0 Å². The lowest BCUT2D eigenvalue weighted by Gasteiger charge is -2.24. The Bertz CT molecular complexity index is 643. The number of hydroxylamine groups is 1. The van der Waals surface area contributed by atoms with E-state index >= 15 is 0 Å². The molecule has 0 aromatic heterocycles.